The van der Waals surface area contributed by atoms with Gasteiger partial charge in [-0.05, 0) is 25.2 Å². The van der Waals surface area contributed by atoms with Crippen LogP contribution in [0.25, 0.3) is 0 Å². The van der Waals surface area contributed by atoms with Crippen LogP contribution in [0.15, 0.2) is 18.2 Å². The fraction of sp³-hybridized carbons (Fsp3) is 0.455. The number of hydrogen-bond acceptors (Lipinski definition) is 2. The topological polar surface area (TPSA) is 15.3 Å². The Bertz CT molecular complexity index is 354. The van der Waals surface area contributed by atoms with E-state index in [-0.39, 0.29) is 17.7 Å². The molecule has 0 aliphatic carbocycles. The Morgan fingerprint density at radius 1 is 1.40 bits per heavy atom. The summed E-state index contributed by atoms with van der Waals surface area (Å²) in [6, 6.07) is 3.48. The summed E-state index contributed by atoms with van der Waals surface area (Å²) in [4.78, 5) is 2.10. The Morgan fingerprint density at radius 3 is 2.93 bits per heavy atom. The Kier molecular flexibility index (Phi) is 2.98. The third-order valence-corrected chi connectivity index (χ3v) is 2.71. The minimum atomic E-state index is -0.388. The van der Waals surface area contributed by atoms with Gasteiger partial charge in [0.15, 0.2) is 0 Å². The second-order valence-corrected chi connectivity index (χ2v) is 3.93. The van der Waals surface area contributed by atoms with E-state index in [9.17, 15) is 8.78 Å². The van der Waals surface area contributed by atoms with Gasteiger partial charge in [-0.2, -0.15) is 0 Å². The Hall–Kier alpha value is -1.00. The molecule has 0 amide bonds. The predicted octanol–water partition coefficient (Wildman–Crippen LogP) is 1.54. The maximum atomic E-state index is 13.5. The van der Waals surface area contributed by atoms with Crippen molar-refractivity contribution in [3.8, 4) is 0 Å². The first-order valence-corrected chi connectivity index (χ1v) is 5.03. The summed E-state index contributed by atoms with van der Waals surface area (Å²) in [5, 5.41) is 3.19. The minimum Gasteiger partial charge on any atom is -0.307 e. The highest BCUT2D eigenvalue weighted by Gasteiger charge is 2.21. The van der Waals surface area contributed by atoms with Crippen LogP contribution in [0.4, 0.5) is 8.78 Å². The molecule has 4 heteroatoms. The number of halogens is 2. The third-order valence-electron chi connectivity index (χ3n) is 2.71. The standard InChI is InChI=1S/C11H14F2N2/c1-15-5-4-14-11(7-15)9-6-8(12)2-3-10(9)13/h2-3,6,11,14H,4-5,7H2,1H3. The summed E-state index contributed by atoms with van der Waals surface area (Å²) >= 11 is 0. The van der Waals surface area contributed by atoms with Gasteiger partial charge in [-0.3, -0.25) is 0 Å². The molecular weight excluding hydrogens is 198 g/mol. The van der Waals surface area contributed by atoms with Crippen LogP contribution in [0.3, 0.4) is 0 Å². The molecule has 1 fully saturated rings. The molecule has 0 radical (unpaired) electrons. The average molecular weight is 212 g/mol. The summed E-state index contributed by atoms with van der Waals surface area (Å²) < 4.78 is 26.4. The van der Waals surface area contributed by atoms with Gasteiger partial charge in [0.05, 0.1) is 0 Å². The molecule has 2 nitrogen and oxygen atoms in total. The van der Waals surface area contributed by atoms with E-state index in [1.54, 1.807) is 0 Å². The average Bonchev–Trinajstić information content (AvgIpc) is 2.22. The molecule has 1 unspecified atom stereocenters. The van der Waals surface area contributed by atoms with Gasteiger partial charge in [-0.15, -0.1) is 0 Å². The van der Waals surface area contributed by atoms with E-state index >= 15 is 0 Å². The molecule has 1 aliphatic heterocycles. The van der Waals surface area contributed by atoms with Crippen molar-refractivity contribution in [1.82, 2.24) is 10.2 Å². The maximum Gasteiger partial charge on any atom is 0.128 e. The first-order chi connectivity index (χ1) is 7.16. The SMILES string of the molecule is CN1CCNC(c2cc(F)ccc2F)C1. The normalized spacial score (nSPS) is 23.0. The molecular formula is C11H14F2N2. The minimum absolute atomic E-state index is 0.112. The fourth-order valence-corrected chi connectivity index (χ4v) is 1.89. The monoisotopic (exact) mass is 212 g/mol. The number of nitrogens with one attached hydrogen (secondary N) is 1. The molecule has 0 bridgehead atoms. The van der Waals surface area contributed by atoms with Crippen LogP contribution in [0.1, 0.15) is 11.6 Å². The molecule has 82 valence electrons. The Labute approximate surface area is 87.9 Å². The summed E-state index contributed by atoms with van der Waals surface area (Å²) in [6.07, 6.45) is 0. The molecule has 1 aromatic carbocycles. The molecule has 15 heavy (non-hydrogen) atoms. The van der Waals surface area contributed by atoms with E-state index in [1.165, 1.54) is 12.1 Å². The van der Waals surface area contributed by atoms with E-state index < -0.39 is 0 Å². The van der Waals surface area contributed by atoms with Gasteiger partial charge in [-0.25, -0.2) is 8.78 Å². The Balaban J connectivity index is 2.24. The van der Waals surface area contributed by atoms with Crippen LogP contribution in [0, 0.1) is 11.6 Å². The number of hydrogen-bond donors (Lipinski definition) is 1. The lowest BCUT2D eigenvalue weighted by molar-refractivity contribution is 0.237. The second kappa shape index (κ2) is 4.24. The lowest BCUT2D eigenvalue weighted by Crippen LogP contribution is -2.44. The van der Waals surface area contributed by atoms with Gasteiger partial charge in [0.1, 0.15) is 11.6 Å². The molecule has 0 saturated carbocycles. The fourth-order valence-electron chi connectivity index (χ4n) is 1.89. The summed E-state index contributed by atoms with van der Waals surface area (Å²) in [7, 11) is 1.98. The lowest BCUT2D eigenvalue weighted by atomic mass is 10.0. The number of rotatable bonds is 1. The van der Waals surface area contributed by atoms with Gasteiger partial charge < -0.3 is 10.2 Å². The first kappa shape index (κ1) is 10.5. The molecule has 2 rings (SSSR count). The van der Waals surface area contributed by atoms with E-state index in [0.717, 1.165) is 19.2 Å². The van der Waals surface area contributed by atoms with E-state index in [4.69, 9.17) is 0 Å². The van der Waals surface area contributed by atoms with Crippen LogP contribution in [-0.2, 0) is 0 Å². The van der Waals surface area contributed by atoms with Crippen LogP contribution >= 0.6 is 0 Å². The quantitative estimate of drug-likeness (QED) is 0.759. The molecule has 0 spiro atoms. The van der Waals surface area contributed by atoms with E-state index in [0.29, 0.717) is 12.1 Å². The molecule has 1 saturated heterocycles. The number of piperazine rings is 1. The van der Waals surface area contributed by atoms with Gasteiger partial charge in [-0.1, -0.05) is 0 Å². The summed E-state index contributed by atoms with van der Waals surface area (Å²) in [6.45, 7) is 2.45. The molecule has 1 heterocycles. The highest BCUT2D eigenvalue weighted by Crippen LogP contribution is 2.20. The Morgan fingerprint density at radius 2 is 2.20 bits per heavy atom. The van der Waals surface area contributed by atoms with Crippen molar-refractivity contribution in [3.05, 3.63) is 35.4 Å². The van der Waals surface area contributed by atoms with E-state index in [2.05, 4.69) is 10.2 Å². The second-order valence-electron chi connectivity index (χ2n) is 3.93. The van der Waals surface area contributed by atoms with Crippen molar-refractivity contribution < 1.29 is 8.78 Å². The molecule has 1 N–H and O–H groups in total. The largest absolute Gasteiger partial charge is 0.307 e. The first-order valence-electron chi connectivity index (χ1n) is 5.03. The van der Waals surface area contributed by atoms with E-state index in [1.807, 2.05) is 7.05 Å². The van der Waals surface area contributed by atoms with Crippen LogP contribution in [0.5, 0.6) is 0 Å². The van der Waals surface area contributed by atoms with Crippen molar-refractivity contribution >= 4 is 0 Å². The lowest BCUT2D eigenvalue weighted by Gasteiger charge is -2.31. The van der Waals surface area contributed by atoms with Crippen LogP contribution < -0.4 is 5.32 Å². The number of likely N-dealkylation sites (N-methyl/N-ethyl adjacent to an activating group) is 1. The van der Waals surface area contributed by atoms with Crippen LogP contribution in [0.2, 0.25) is 0 Å². The highest BCUT2D eigenvalue weighted by atomic mass is 19.1. The van der Waals surface area contributed by atoms with Gasteiger partial charge >= 0.3 is 0 Å². The zero-order valence-electron chi connectivity index (χ0n) is 8.63. The smallest absolute Gasteiger partial charge is 0.128 e. The van der Waals surface area contributed by atoms with Crippen molar-refractivity contribution in [2.75, 3.05) is 26.7 Å². The van der Waals surface area contributed by atoms with Gasteiger partial charge in [0, 0.05) is 31.2 Å². The third kappa shape index (κ3) is 2.33. The van der Waals surface area contributed by atoms with Crippen molar-refractivity contribution in [2.24, 2.45) is 0 Å². The molecule has 0 aromatic heterocycles. The molecule has 1 aliphatic rings. The number of benzene rings is 1. The van der Waals surface area contributed by atoms with Crippen molar-refractivity contribution in [1.29, 1.82) is 0 Å². The summed E-state index contributed by atoms with van der Waals surface area (Å²) in [5.74, 6) is -0.731. The number of nitrogens with zero attached hydrogens (tertiary/aromatic N) is 1. The van der Waals surface area contributed by atoms with Crippen LogP contribution in [-0.4, -0.2) is 31.6 Å². The molecule has 1 atom stereocenters. The van der Waals surface area contributed by atoms with Crippen molar-refractivity contribution in [2.45, 2.75) is 6.04 Å². The maximum absolute atomic E-state index is 13.5. The zero-order chi connectivity index (χ0) is 10.8. The predicted molar refractivity (Wildman–Crippen MR) is 54.6 cm³/mol. The van der Waals surface area contributed by atoms with Crippen molar-refractivity contribution in [3.63, 3.8) is 0 Å². The molecule has 1 aromatic rings. The summed E-state index contributed by atoms with van der Waals surface area (Å²) in [5.41, 5.74) is 0.418. The van der Waals surface area contributed by atoms with Gasteiger partial charge in [0.2, 0.25) is 0 Å². The zero-order valence-corrected chi connectivity index (χ0v) is 8.63. The van der Waals surface area contributed by atoms with Gasteiger partial charge in [0.25, 0.3) is 0 Å². The highest BCUT2D eigenvalue weighted by molar-refractivity contribution is 5.23.